The minimum atomic E-state index is -0.770. The third-order valence-electron chi connectivity index (χ3n) is 6.89. The van der Waals surface area contributed by atoms with E-state index in [9.17, 15) is 9.59 Å². The zero-order valence-electron chi connectivity index (χ0n) is 24.2. The molecular weight excluding hydrogens is 830 g/mol. The molecule has 1 aromatic heterocycles. The average Bonchev–Trinajstić information content (AvgIpc) is 3.30. The topological polar surface area (TPSA) is 88.4 Å². The van der Waals surface area contributed by atoms with Crippen LogP contribution < -0.4 is 29.1 Å². The number of fused-ring (bicyclic) bond motifs is 1. The Balaban J connectivity index is 1.58. The third kappa shape index (κ3) is 6.56. The van der Waals surface area contributed by atoms with E-state index in [1.54, 1.807) is 37.7 Å². The van der Waals surface area contributed by atoms with Crippen LogP contribution >= 0.6 is 68.1 Å². The number of aromatic nitrogens is 1. The van der Waals surface area contributed by atoms with Gasteiger partial charge in [-0.25, -0.2) is 9.79 Å². The van der Waals surface area contributed by atoms with Crippen LogP contribution in [-0.4, -0.2) is 31.4 Å². The van der Waals surface area contributed by atoms with Crippen LogP contribution in [-0.2, 0) is 16.1 Å². The number of rotatable bonds is 9. The van der Waals surface area contributed by atoms with E-state index in [1.165, 1.54) is 18.4 Å². The Morgan fingerprint density at radius 2 is 1.77 bits per heavy atom. The predicted octanol–water partition coefficient (Wildman–Crippen LogP) is 6.26. The molecule has 3 aromatic carbocycles. The van der Waals surface area contributed by atoms with Gasteiger partial charge in [0.25, 0.3) is 5.56 Å². The summed E-state index contributed by atoms with van der Waals surface area (Å²) in [6, 6.07) is 16.1. The predicted molar refractivity (Wildman–Crippen MR) is 188 cm³/mol. The quantitative estimate of drug-likeness (QED) is 0.146. The van der Waals surface area contributed by atoms with Crippen molar-refractivity contribution in [1.82, 2.24) is 4.57 Å². The molecule has 2 heterocycles. The summed E-state index contributed by atoms with van der Waals surface area (Å²) in [6.45, 7) is 4.02. The van der Waals surface area contributed by atoms with E-state index in [1.807, 2.05) is 48.5 Å². The molecule has 0 saturated carbocycles. The van der Waals surface area contributed by atoms with Gasteiger partial charge >= 0.3 is 5.97 Å². The van der Waals surface area contributed by atoms with Crippen molar-refractivity contribution in [3.05, 3.63) is 114 Å². The lowest BCUT2D eigenvalue weighted by molar-refractivity contribution is -0.139. The average molecular weight is 857 g/mol. The van der Waals surface area contributed by atoms with E-state index in [0.717, 1.165) is 24.0 Å². The lowest BCUT2D eigenvalue weighted by Crippen LogP contribution is -2.40. The van der Waals surface area contributed by atoms with Crippen molar-refractivity contribution in [2.45, 2.75) is 26.5 Å². The number of hydrogen-bond donors (Lipinski definition) is 0. The van der Waals surface area contributed by atoms with Crippen LogP contribution in [0.3, 0.4) is 0 Å². The summed E-state index contributed by atoms with van der Waals surface area (Å²) in [5, 5.41) is 0.650. The van der Waals surface area contributed by atoms with Crippen LogP contribution in [0.5, 0.6) is 17.2 Å². The first-order valence-corrected chi connectivity index (χ1v) is 16.8. The van der Waals surface area contributed by atoms with Gasteiger partial charge < -0.3 is 18.9 Å². The molecule has 4 aromatic rings. The van der Waals surface area contributed by atoms with Gasteiger partial charge in [-0.1, -0.05) is 47.2 Å². The smallest absolute Gasteiger partial charge is 0.338 e. The van der Waals surface area contributed by atoms with Crippen LogP contribution in [0.2, 0.25) is 5.02 Å². The lowest BCUT2D eigenvalue weighted by atomic mass is 9.95. The van der Waals surface area contributed by atoms with Gasteiger partial charge in [-0.3, -0.25) is 9.36 Å². The van der Waals surface area contributed by atoms with Crippen molar-refractivity contribution >= 4 is 80.2 Å². The molecule has 0 N–H and O–H groups in total. The number of ether oxygens (including phenoxy) is 4. The van der Waals surface area contributed by atoms with Crippen LogP contribution in [0.25, 0.3) is 6.08 Å². The Bertz CT molecular complexity index is 1950. The Labute approximate surface area is 290 Å². The number of carbonyl (C=O) groups excluding carboxylic acids is 1. The molecule has 1 atom stereocenters. The third-order valence-corrected chi connectivity index (χ3v) is 9.84. The fourth-order valence-electron chi connectivity index (χ4n) is 4.85. The molecule has 0 saturated heterocycles. The summed E-state index contributed by atoms with van der Waals surface area (Å²) in [6.07, 6.45) is 1.83. The van der Waals surface area contributed by atoms with E-state index in [4.69, 9.17) is 30.5 Å². The lowest BCUT2D eigenvalue weighted by Gasteiger charge is -2.25. The SMILES string of the molecule is CCOC(=O)C1=C(C)N=c2s/c(=C/c3cc(I)c(OCc4ccccc4Cl)c(I)c3)c(=O)n2[C@@H]1c1ccc(OC)c(OC)c1. The van der Waals surface area contributed by atoms with Gasteiger partial charge in [0.1, 0.15) is 12.4 Å². The molecule has 1 aliphatic heterocycles. The second kappa shape index (κ2) is 14.0. The number of allylic oxidation sites excluding steroid dienone is 1. The number of halogens is 3. The number of benzene rings is 3. The molecule has 44 heavy (non-hydrogen) atoms. The molecule has 0 bridgehead atoms. The molecule has 0 spiro atoms. The highest BCUT2D eigenvalue weighted by atomic mass is 127. The molecule has 1 aliphatic rings. The highest BCUT2D eigenvalue weighted by Crippen LogP contribution is 2.36. The number of nitrogens with zero attached hydrogens (tertiary/aromatic N) is 2. The number of thiazole rings is 1. The van der Waals surface area contributed by atoms with Gasteiger partial charge in [0.15, 0.2) is 16.3 Å². The van der Waals surface area contributed by atoms with Crippen molar-refractivity contribution in [2.24, 2.45) is 4.99 Å². The molecule has 0 fully saturated rings. The van der Waals surface area contributed by atoms with Crippen LogP contribution in [0.1, 0.15) is 36.6 Å². The zero-order valence-corrected chi connectivity index (χ0v) is 30.0. The van der Waals surface area contributed by atoms with Crippen molar-refractivity contribution < 1.29 is 23.7 Å². The molecular formula is C32H27ClI2N2O6S. The van der Waals surface area contributed by atoms with E-state index >= 15 is 0 Å². The molecule has 12 heteroatoms. The Morgan fingerprint density at radius 3 is 2.43 bits per heavy atom. The maximum atomic E-state index is 14.1. The van der Waals surface area contributed by atoms with Gasteiger partial charge in [-0.05, 0) is 107 Å². The van der Waals surface area contributed by atoms with Crippen molar-refractivity contribution in [2.75, 3.05) is 20.8 Å². The fourth-order valence-corrected chi connectivity index (χ4v) is 8.21. The summed E-state index contributed by atoms with van der Waals surface area (Å²) in [4.78, 5) is 32.4. The molecule has 0 aliphatic carbocycles. The van der Waals surface area contributed by atoms with Crippen molar-refractivity contribution in [3.8, 4) is 17.2 Å². The normalized spacial score (nSPS) is 14.6. The van der Waals surface area contributed by atoms with E-state index in [2.05, 4.69) is 50.2 Å². The fraction of sp³-hybridized carbons (Fsp3) is 0.219. The minimum absolute atomic E-state index is 0.189. The van der Waals surface area contributed by atoms with Crippen molar-refractivity contribution in [1.29, 1.82) is 0 Å². The minimum Gasteiger partial charge on any atom is -0.493 e. The van der Waals surface area contributed by atoms with Gasteiger partial charge in [0, 0.05) is 10.6 Å². The van der Waals surface area contributed by atoms with Crippen LogP contribution in [0, 0.1) is 7.14 Å². The zero-order chi connectivity index (χ0) is 31.5. The Kier molecular flexibility index (Phi) is 10.4. The number of hydrogen-bond acceptors (Lipinski definition) is 8. The number of methoxy groups -OCH3 is 2. The van der Waals surface area contributed by atoms with Gasteiger partial charge in [-0.2, -0.15) is 0 Å². The van der Waals surface area contributed by atoms with E-state index < -0.39 is 12.0 Å². The van der Waals surface area contributed by atoms with E-state index in [0.29, 0.717) is 49.3 Å². The number of carbonyl (C=O) groups is 1. The maximum Gasteiger partial charge on any atom is 0.338 e. The first kappa shape index (κ1) is 32.5. The highest BCUT2D eigenvalue weighted by molar-refractivity contribution is 14.1. The molecule has 8 nitrogen and oxygen atoms in total. The summed E-state index contributed by atoms with van der Waals surface area (Å²) in [7, 11) is 3.09. The first-order chi connectivity index (χ1) is 21.2. The summed E-state index contributed by atoms with van der Waals surface area (Å²) in [5.41, 5.74) is 2.90. The van der Waals surface area contributed by atoms with E-state index in [-0.39, 0.29) is 12.2 Å². The summed E-state index contributed by atoms with van der Waals surface area (Å²) < 4.78 is 26.3. The monoisotopic (exact) mass is 856 g/mol. The van der Waals surface area contributed by atoms with Gasteiger partial charge in [0.2, 0.25) is 0 Å². The number of esters is 1. The van der Waals surface area contributed by atoms with Gasteiger partial charge in [0.05, 0.1) is 49.8 Å². The van der Waals surface area contributed by atoms with Crippen LogP contribution in [0.4, 0.5) is 0 Å². The summed E-state index contributed by atoms with van der Waals surface area (Å²) in [5.74, 6) is 1.23. The molecule has 228 valence electrons. The second-order valence-electron chi connectivity index (χ2n) is 9.61. The van der Waals surface area contributed by atoms with Crippen molar-refractivity contribution in [3.63, 3.8) is 0 Å². The largest absolute Gasteiger partial charge is 0.493 e. The van der Waals surface area contributed by atoms with Gasteiger partial charge in [-0.15, -0.1) is 0 Å². The second-order valence-corrected chi connectivity index (χ2v) is 13.4. The standard InChI is InChI=1S/C32H27ClI2N2O6S/c1-5-42-31(39)27-17(2)36-32-37(28(27)19-10-11-24(40-3)25(15-19)41-4)30(38)26(44-32)14-18-12-22(34)29(23(35)13-18)43-16-20-8-6-7-9-21(20)33/h6-15,28H,5,16H2,1-4H3/b26-14+/t28-/m1/s1. The van der Waals surface area contributed by atoms with Crippen LogP contribution in [0.15, 0.2) is 75.7 Å². The molecule has 0 radical (unpaired) electrons. The highest BCUT2D eigenvalue weighted by Gasteiger charge is 2.34. The maximum absolute atomic E-state index is 14.1. The Hall–Kier alpha value is -2.88. The molecule has 5 rings (SSSR count). The first-order valence-electron chi connectivity index (χ1n) is 13.4. The molecule has 0 amide bonds. The summed E-state index contributed by atoms with van der Waals surface area (Å²) >= 11 is 12.0. The Morgan fingerprint density at radius 1 is 1.07 bits per heavy atom. The molecule has 0 unspecified atom stereocenters.